The van der Waals surface area contributed by atoms with Gasteiger partial charge in [-0.05, 0) is 26.2 Å². The molecule has 0 aromatic carbocycles. The third-order valence-corrected chi connectivity index (χ3v) is 4.07. The molecule has 1 aliphatic rings. The van der Waals surface area contributed by atoms with Crippen molar-refractivity contribution in [2.45, 2.75) is 31.7 Å². The monoisotopic (exact) mass is 237 g/mol. The quantitative estimate of drug-likeness (QED) is 0.630. The Labute approximate surface area is 90.9 Å². The standard InChI is InChI=1S/C9H19NO4S/c1-9(4-6-14-8-9)10-15(12,13)7-3-2-5-11/h10-11H,2-8H2,1H3. The van der Waals surface area contributed by atoms with E-state index in [1.165, 1.54) is 0 Å². The van der Waals surface area contributed by atoms with Crippen LogP contribution in [0.5, 0.6) is 0 Å². The van der Waals surface area contributed by atoms with E-state index in [4.69, 9.17) is 9.84 Å². The normalized spacial score (nSPS) is 27.1. The molecule has 0 amide bonds. The third-order valence-electron chi connectivity index (χ3n) is 2.44. The lowest BCUT2D eigenvalue weighted by Crippen LogP contribution is -2.47. The van der Waals surface area contributed by atoms with E-state index in [1.54, 1.807) is 0 Å². The number of unbranched alkanes of at least 4 members (excludes halogenated alkanes) is 1. The first kappa shape index (κ1) is 12.9. The first-order valence-corrected chi connectivity index (χ1v) is 6.83. The van der Waals surface area contributed by atoms with E-state index in [0.717, 1.165) is 0 Å². The Hall–Kier alpha value is -0.170. The van der Waals surface area contributed by atoms with Gasteiger partial charge in [0.1, 0.15) is 0 Å². The van der Waals surface area contributed by atoms with Crippen molar-refractivity contribution in [2.24, 2.45) is 0 Å². The Morgan fingerprint density at radius 1 is 1.47 bits per heavy atom. The largest absolute Gasteiger partial charge is 0.396 e. The van der Waals surface area contributed by atoms with Crippen LogP contribution in [0.25, 0.3) is 0 Å². The molecule has 15 heavy (non-hydrogen) atoms. The number of rotatable bonds is 6. The highest BCUT2D eigenvalue weighted by Crippen LogP contribution is 2.18. The molecular weight excluding hydrogens is 218 g/mol. The molecule has 6 heteroatoms. The Kier molecular flexibility index (Phi) is 4.51. The van der Waals surface area contributed by atoms with Crippen molar-refractivity contribution in [3.05, 3.63) is 0 Å². The Morgan fingerprint density at radius 3 is 2.73 bits per heavy atom. The minimum atomic E-state index is -3.24. The smallest absolute Gasteiger partial charge is 0.212 e. The average Bonchev–Trinajstić information content (AvgIpc) is 2.50. The summed E-state index contributed by atoms with van der Waals surface area (Å²) in [5.41, 5.74) is -0.446. The molecule has 1 aliphatic heterocycles. The zero-order valence-electron chi connectivity index (χ0n) is 9.03. The van der Waals surface area contributed by atoms with Gasteiger partial charge in [0.05, 0.1) is 17.9 Å². The second-order valence-corrected chi connectivity index (χ2v) is 6.06. The Morgan fingerprint density at radius 2 is 2.20 bits per heavy atom. The molecule has 5 nitrogen and oxygen atoms in total. The molecule has 0 aromatic rings. The maximum atomic E-state index is 11.6. The van der Waals surface area contributed by atoms with Gasteiger partial charge in [-0.25, -0.2) is 13.1 Å². The van der Waals surface area contributed by atoms with Crippen LogP contribution in [-0.4, -0.2) is 44.6 Å². The minimum Gasteiger partial charge on any atom is -0.396 e. The number of ether oxygens (including phenoxy) is 1. The van der Waals surface area contributed by atoms with E-state index >= 15 is 0 Å². The van der Waals surface area contributed by atoms with Crippen LogP contribution < -0.4 is 4.72 Å². The molecule has 90 valence electrons. The summed E-state index contributed by atoms with van der Waals surface area (Å²) in [6.45, 7) is 2.93. The molecule has 1 unspecified atom stereocenters. The molecule has 1 heterocycles. The van der Waals surface area contributed by atoms with Crippen LogP contribution in [0.4, 0.5) is 0 Å². The van der Waals surface area contributed by atoms with Crippen LogP contribution >= 0.6 is 0 Å². The van der Waals surface area contributed by atoms with Gasteiger partial charge in [0, 0.05) is 13.2 Å². The summed E-state index contributed by atoms with van der Waals surface area (Å²) < 4.78 is 31.1. The molecule has 0 aliphatic carbocycles. The number of hydrogen-bond acceptors (Lipinski definition) is 4. The fraction of sp³-hybridized carbons (Fsp3) is 1.00. The third kappa shape index (κ3) is 4.46. The average molecular weight is 237 g/mol. The van der Waals surface area contributed by atoms with Gasteiger partial charge < -0.3 is 9.84 Å². The van der Waals surface area contributed by atoms with E-state index in [9.17, 15) is 8.42 Å². The molecule has 0 aromatic heterocycles. The summed E-state index contributed by atoms with van der Waals surface area (Å²) in [7, 11) is -3.24. The molecule has 1 fully saturated rings. The van der Waals surface area contributed by atoms with Gasteiger partial charge in [0.2, 0.25) is 10.0 Å². The van der Waals surface area contributed by atoms with E-state index in [1.807, 2.05) is 6.92 Å². The summed E-state index contributed by atoms with van der Waals surface area (Å²) in [4.78, 5) is 0. The highest BCUT2D eigenvalue weighted by Gasteiger charge is 2.33. The second-order valence-electron chi connectivity index (χ2n) is 4.21. The Balaban J connectivity index is 2.41. The molecule has 0 saturated carbocycles. The van der Waals surface area contributed by atoms with Crippen LogP contribution in [0, 0.1) is 0 Å². The lowest BCUT2D eigenvalue weighted by atomic mass is 10.0. The van der Waals surface area contributed by atoms with E-state index in [2.05, 4.69) is 4.72 Å². The molecule has 1 atom stereocenters. The summed E-state index contributed by atoms with van der Waals surface area (Å²) in [5.74, 6) is 0.0726. The van der Waals surface area contributed by atoms with Crippen LogP contribution in [0.15, 0.2) is 0 Å². The van der Waals surface area contributed by atoms with Crippen molar-refractivity contribution in [3.63, 3.8) is 0 Å². The lowest BCUT2D eigenvalue weighted by molar-refractivity contribution is 0.178. The highest BCUT2D eigenvalue weighted by molar-refractivity contribution is 7.89. The summed E-state index contributed by atoms with van der Waals surface area (Å²) in [6, 6.07) is 0. The molecule has 0 radical (unpaired) electrons. The van der Waals surface area contributed by atoms with Gasteiger partial charge in [-0.1, -0.05) is 0 Å². The summed E-state index contributed by atoms with van der Waals surface area (Å²) in [6.07, 6.45) is 1.73. The van der Waals surface area contributed by atoms with Crippen molar-refractivity contribution in [3.8, 4) is 0 Å². The predicted octanol–water partition coefficient (Wildman–Crippen LogP) is -0.143. The minimum absolute atomic E-state index is 0.0376. The number of sulfonamides is 1. The number of hydrogen-bond donors (Lipinski definition) is 2. The van der Waals surface area contributed by atoms with Gasteiger partial charge >= 0.3 is 0 Å². The van der Waals surface area contributed by atoms with E-state index in [-0.39, 0.29) is 12.4 Å². The summed E-state index contributed by atoms with van der Waals surface area (Å²) >= 11 is 0. The molecule has 2 N–H and O–H groups in total. The molecule has 1 rings (SSSR count). The maximum absolute atomic E-state index is 11.6. The zero-order valence-corrected chi connectivity index (χ0v) is 9.85. The fourth-order valence-electron chi connectivity index (χ4n) is 1.58. The lowest BCUT2D eigenvalue weighted by Gasteiger charge is -2.23. The number of aliphatic hydroxyl groups excluding tert-OH is 1. The first-order chi connectivity index (χ1) is 6.97. The van der Waals surface area contributed by atoms with E-state index < -0.39 is 15.6 Å². The SMILES string of the molecule is CC1(NS(=O)(=O)CCCCO)CCOC1. The van der Waals surface area contributed by atoms with Gasteiger partial charge in [-0.15, -0.1) is 0 Å². The molecule has 1 saturated heterocycles. The van der Waals surface area contributed by atoms with Crippen LogP contribution in [-0.2, 0) is 14.8 Å². The van der Waals surface area contributed by atoms with Crippen molar-refractivity contribution in [1.82, 2.24) is 4.72 Å². The molecule has 0 spiro atoms. The first-order valence-electron chi connectivity index (χ1n) is 5.18. The van der Waals surface area contributed by atoms with Crippen LogP contribution in [0.3, 0.4) is 0 Å². The zero-order chi connectivity index (χ0) is 11.4. The molecule has 0 bridgehead atoms. The fourth-order valence-corrected chi connectivity index (χ4v) is 3.18. The topological polar surface area (TPSA) is 75.6 Å². The number of nitrogens with one attached hydrogen (secondary N) is 1. The maximum Gasteiger partial charge on any atom is 0.212 e. The van der Waals surface area contributed by atoms with Crippen LogP contribution in [0.1, 0.15) is 26.2 Å². The second kappa shape index (κ2) is 5.25. The predicted molar refractivity (Wildman–Crippen MR) is 57.1 cm³/mol. The Bertz CT molecular complexity index is 282. The number of aliphatic hydroxyl groups is 1. The molecular formula is C9H19NO4S. The van der Waals surface area contributed by atoms with Crippen molar-refractivity contribution in [1.29, 1.82) is 0 Å². The van der Waals surface area contributed by atoms with Gasteiger partial charge in [-0.3, -0.25) is 0 Å². The van der Waals surface area contributed by atoms with Crippen LogP contribution in [0.2, 0.25) is 0 Å². The van der Waals surface area contributed by atoms with Gasteiger partial charge in [0.25, 0.3) is 0 Å². The van der Waals surface area contributed by atoms with Gasteiger partial charge in [-0.2, -0.15) is 0 Å². The summed E-state index contributed by atoms with van der Waals surface area (Å²) in [5, 5.41) is 8.56. The van der Waals surface area contributed by atoms with E-state index in [0.29, 0.717) is 32.5 Å². The van der Waals surface area contributed by atoms with Gasteiger partial charge in [0.15, 0.2) is 0 Å². The van der Waals surface area contributed by atoms with Crippen molar-refractivity contribution < 1.29 is 18.3 Å². The van der Waals surface area contributed by atoms with Crippen molar-refractivity contribution >= 4 is 10.0 Å². The highest BCUT2D eigenvalue weighted by atomic mass is 32.2. The van der Waals surface area contributed by atoms with Crippen molar-refractivity contribution in [2.75, 3.05) is 25.6 Å².